The largest absolute Gasteiger partial charge is 0.396 e. The Balaban J connectivity index is 2.41. The molecule has 0 aliphatic carbocycles. The SMILES string of the molecule is CCN(CCCO)S(=O)(=O)c1ccc2nc(Cl)ccc2c1. The minimum Gasteiger partial charge on any atom is -0.396 e. The van der Waals surface area contributed by atoms with Crippen molar-refractivity contribution in [2.45, 2.75) is 18.2 Å². The summed E-state index contributed by atoms with van der Waals surface area (Å²) >= 11 is 5.82. The Hall–Kier alpha value is -1.21. The lowest BCUT2D eigenvalue weighted by Crippen LogP contribution is -2.32. The van der Waals surface area contributed by atoms with Crippen LogP contribution in [0.5, 0.6) is 0 Å². The van der Waals surface area contributed by atoms with E-state index in [2.05, 4.69) is 4.98 Å². The van der Waals surface area contributed by atoms with Crippen LogP contribution in [0, 0.1) is 0 Å². The lowest BCUT2D eigenvalue weighted by atomic mass is 10.2. The van der Waals surface area contributed by atoms with E-state index in [0.29, 0.717) is 30.2 Å². The Kier molecular flexibility index (Phi) is 5.16. The summed E-state index contributed by atoms with van der Waals surface area (Å²) in [6.45, 7) is 2.40. The van der Waals surface area contributed by atoms with Gasteiger partial charge in [-0.15, -0.1) is 0 Å². The second kappa shape index (κ2) is 6.70. The van der Waals surface area contributed by atoms with Gasteiger partial charge in [0.05, 0.1) is 10.4 Å². The molecule has 0 saturated carbocycles. The quantitative estimate of drug-likeness (QED) is 0.826. The summed E-state index contributed by atoms with van der Waals surface area (Å²) in [5.74, 6) is 0. The van der Waals surface area contributed by atoms with E-state index in [1.165, 1.54) is 10.4 Å². The lowest BCUT2D eigenvalue weighted by molar-refractivity contribution is 0.271. The molecule has 0 unspecified atom stereocenters. The molecule has 0 saturated heterocycles. The molecular weight excluding hydrogens is 312 g/mol. The van der Waals surface area contributed by atoms with Gasteiger partial charge in [-0.2, -0.15) is 4.31 Å². The molecule has 0 spiro atoms. The van der Waals surface area contributed by atoms with Crippen molar-refractivity contribution in [3.63, 3.8) is 0 Å². The van der Waals surface area contributed by atoms with Crippen molar-refractivity contribution < 1.29 is 13.5 Å². The summed E-state index contributed by atoms with van der Waals surface area (Å²) < 4.78 is 26.5. The fraction of sp³-hybridized carbons (Fsp3) is 0.357. The van der Waals surface area contributed by atoms with Gasteiger partial charge in [-0.25, -0.2) is 13.4 Å². The van der Waals surface area contributed by atoms with Crippen molar-refractivity contribution in [2.75, 3.05) is 19.7 Å². The minimum atomic E-state index is -3.56. The lowest BCUT2D eigenvalue weighted by Gasteiger charge is -2.20. The molecule has 2 rings (SSSR count). The first-order chi connectivity index (χ1) is 9.98. The smallest absolute Gasteiger partial charge is 0.243 e. The van der Waals surface area contributed by atoms with Crippen molar-refractivity contribution in [3.05, 3.63) is 35.5 Å². The van der Waals surface area contributed by atoms with E-state index in [9.17, 15) is 8.42 Å². The monoisotopic (exact) mass is 328 g/mol. The number of halogens is 1. The van der Waals surface area contributed by atoms with Crippen molar-refractivity contribution >= 4 is 32.5 Å². The molecule has 0 fully saturated rings. The first kappa shape index (κ1) is 16.2. The maximum atomic E-state index is 12.6. The number of hydrogen-bond donors (Lipinski definition) is 1. The van der Waals surface area contributed by atoms with Gasteiger partial charge in [0.2, 0.25) is 10.0 Å². The molecule has 5 nitrogen and oxygen atoms in total. The summed E-state index contributed by atoms with van der Waals surface area (Å²) in [6.07, 6.45) is 0.414. The van der Waals surface area contributed by atoms with Crippen LogP contribution in [0.1, 0.15) is 13.3 Å². The van der Waals surface area contributed by atoms with Crippen LogP contribution in [0.25, 0.3) is 10.9 Å². The molecule has 21 heavy (non-hydrogen) atoms. The third kappa shape index (κ3) is 3.52. The Morgan fingerprint density at radius 3 is 2.71 bits per heavy atom. The van der Waals surface area contributed by atoms with Crippen LogP contribution in [-0.2, 0) is 10.0 Å². The topological polar surface area (TPSA) is 70.5 Å². The Labute approximate surface area is 129 Å². The van der Waals surface area contributed by atoms with Crippen molar-refractivity contribution in [3.8, 4) is 0 Å². The number of aromatic nitrogens is 1. The molecule has 114 valence electrons. The maximum Gasteiger partial charge on any atom is 0.243 e. The molecule has 1 aromatic carbocycles. The minimum absolute atomic E-state index is 0.0356. The molecule has 7 heteroatoms. The Bertz CT molecular complexity index is 734. The molecule has 0 radical (unpaired) electrons. The Morgan fingerprint density at radius 2 is 2.05 bits per heavy atom. The fourth-order valence-electron chi connectivity index (χ4n) is 2.08. The Morgan fingerprint density at radius 1 is 1.29 bits per heavy atom. The molecule has 2 aromatic rings. The maximum absolute atomic E-state index is 12.6. The van der Waals surface area contributed by atoms with E-state index in [1.807, 2.05) is 0 Å². The number of aliphatic hydroxyl groups excluding tert-OH is 1. The number of benzene rings is 1. The number of hydrogen-bond acceptors (Lipinski definition) is 4. The van der Waals surface area contributed by atoms with Crippen LogP contribution in [-0.4, -0.2) is 42.5 Å². The van der Waals surface area contributed by atoms with Crippen LogP contribution < -0.4 is 0 Å². The van der Waals surface area contributed by atoms with E-state index in [0.717, 1.165) is 5.39 Å². The summed E-state index contributed by atoms with van der Waals surface area (Å²) in [5.41, 5.74) is 0.653. The van der Waals surface area contributed by atoms with Crippen LogP contribution in [0.15, 0.2) is 35.2 Å². The number of rotatable bonds is 6. The molecule has 0 aliphatic heterocycles. The van der Waals surface area contributed by atoms with Crippen molar-refractivity contribution in [1.29, 1.82) is 0 Å². The molecule has 0 bridgehead atoms. The molecule has 1 heterocycles. The van der Waals surface area contributed by atoms with Gasteiger partial charge in [0.15, 0.2) is 0 Å². The molecule has 1 N–H and O–H groups in total. The highest BCUT2D eigenvalue weighted by molar-refractivity contribution is 7.89. The molecule has 0 atom stereocenters. The van der Waals surface area contributed by atoms with Gasteiger partial charge in [-0.1, -0.05) is 18.5 Å². The van der Waals surface area contributed by atoms with E-state index in [1.54, 1.807) is 31.2 Å². The highest BCUT2D eigenvalue weighted by atomic mass is 35.5. The van der Waals surface area contributed by atoms with E-state index < -0.39 is 10.0 Å². The molecule has 0 aliphatic rings. The summed E-state index contributed by atoms with van der Waals surface area (Å²) in [6, 6.07) is 8.14. The molecular formula is C14H17ClN2O3S. The van der Waals surface area contributed by atoms with Gasteiger partial charge in [0, 0.05) is 25.1 Å². The van der Waals surface area contributed by atoms with Crippen LogP contribution in [0.2, 0.25) is 5.15 Å². The third-order valence-electron chi connectivity index (χ3n) is 3.18. The zero-order valence-electron chi connectivity index (χ0n) is 11.7. The van der Waals surface area contributed by atoms with Crippen LogP contribution in [0.4, 0.5) is 0 Å². The third-order valence-corrected chi connectivity index (χ3v) is 5.36. The summed E-state index contributed by atoms with van der Waals surface area (Å²) in [5, 5.41) is 9.96. The number of fused-ring (bicyclic) bond motifs is 1. The van der Waals surface area contributed by atoms with Gasteiger partial charge in [-0.05, 0) is 36.8 Å². The first-order valence-corrected chi connectivity index (χ1v) is 8.48. The standard InChI is InChI=1S/C14H17ClN2O3S/c1-2-17(8-3-9-18)21(19,20)12-5-6-13-11(10-12)4-7-14(15)16-13/h4-7,10,18H,2-3,8-9H2,1H3. The van der Waals surface area contributed by atoms with Gasteiger partial charge < -0.3 is 5.11 Å². The van der Waals surface area contributed by atoms with Gasteiger partial charge in [0.25, 0.3) is 0 Å². The highest BCUT2D eigenvalue weighted by Crippen LogP contribution is 2.22. The fourth-order valence-corrected chi connectivity index (χ4v) is 3.76. The first-order valence-electron chi connectivity index (χ1n) is 6.66. The molecule has 0 amide bonds. The highest BCUT2D eigenvalue weighted by Gasteiger charge is 2.22. The predicted molar refractivity (Wildman–Crippen MR) is 82.9 cm³/mol. The van der Waals surface area contributed by atoms with Crippen LogP contribution in [0.3, 0.4) is 0 Å². The average Bonchev–Trinajstić information content (AvgIpc) is 2.47. The number of aliphatic hydroxyl groups is 1. The zero-order chi connectivity index (χ0) is 15.5. The number of sulfonamides is 1. The second-order valence-corrected chi connectivity index (χ2v) is 6.89. The summed E-state index contributed by atoms with van der Waals surface area (Å²) in [4.78, 5) is 4.36. The van der Waals surface area contributed by atoms with E-state index in [-0.39, 0.29) is 11.5 Å². The zero-order valence-corrected chi connectivity index (χ0v) is 13.2. The van der Waals surface area contributed by atoms with Gasteiger partial charge >= 0.3 is 0 Å². The number of nitrogens with zero attached hydrogens (tertiary/aromatic N) is 2. The van der Waals surface area contributed by atoms with Gasteiger partial charge in [-0.3, -0.25) is 0 Å². The second-order valence-electron chi connectivity index (χ2n) is 4.56. The normalized spacial score (nSPS) is 12.2. The van der Waals surface area contributed by atoms with Crippen LogP contribution >= 0.6 is 11.6 Å². The van der Waals surface area contributed by atoms with E-state index >= 15 is 0 Å². The summed E-state index contributed by atoms with van der Waals surface area (Å²) in [7, 11) is -3.56. The van der Waals surface area contributed by atoms with Gasteiger partial charge in [0.1, 0.15) is 5.15 Å². The predicted octanol–water partition coefficient (Wildman–Crippen LogP) is 2.28. The van der Waals surface area contributed by atoms with E-state index in [4.69, 9.17) is 16.7 Å². The number of pyridine rings is 1. The molecule has 1 aromatic heterocycles. The average molecular weight is 329 g/mol. The van der Waals surface area contributed by atoms with Crippen molar-refractivity contribution in [1.82, 2.24) is 9.29 Å². The van der Waals surface area contributed by atoms with Crippen molar-refractivity contribution in [2.24, 2.45) is 0 Å².